The van der Waals surface area contributed by atoms with Crippen molar-refractivity contribution in [1.29, 1.82) is 0 Å². The number of aliphatic carboxylic acids is 1. The van der Waals surface area contributed by atoms with Gasteiger partial charge in [-0.3, -0.25) is 4.90 Å². The first-order chi connectivity index (χ1) is 10.2. The van der Waals surface area contributed by atoms with Gasteiger partial charge < -0.3 is 9.84 Å². The van der Waals surface area contributed by atoms with Gasteiger partial charge in [0.15, 0.2) is 0 Å². The van der Waals surface area contributed by atoms with Gasteiger partial charge in [0.05, 0.1) is 6.04 Å². The van der Waals surface area contributed by atoms with Crippen LogP contribution < -0.4 is 0 Å². The largest absolute Gasteiger partial charge is 0.480 e. The van der Waals surface area contributed by atoms with Gasteiger partial charge in [-0.05, 0) is 38.7 Å². The Bertz CT molecular complexity index is 550. The first-order valence-electron chi connectivity index (χ1n) is 7.50. The predicted octanol–water partition coefficient (Wildman–Crippen LogP) is 3.46. The van der Waals surface area contributed by atoms with Gasteiger partial charge in [0, 0.05) is 0 Å². The van der Waals surface area contributed by atoms with Crippen LogP contribution in [0.15, 0.2) is 30.3 Å². The molecule has 5 nitrogen and oxygen atoms in total. The fourth-order valence-electron chi connectivity index (χ4n) is 2.98. The Morgan fingerprint density at radius 3 is 2.32 bits per heavy atom. The number of carbonyl (C=O) groups is 2. The van der Waals surface area contributed by atoms with Gasteiger partial charge in [-0.15, -0.1) is 0 Å². The second-order valence-electron chi connectivity index (χ2n) is 6.81. The number of carbonyl (C=O) groups excluding carboxylic acids is 1. The number of benzene rings is 1. The number of likely N-dealkylation sites (tertiary alicyclic amines) is 1. The number of carboxylic acids is 1. The van der Waals surface area contributed by atoms with Crippen molar-refractivity contribution >= 4 is 12.1 Å². The Morgan fingerprint density at radius 1 is 1.23 bits per heavy atom. The SMILES string of the molecule is C[C@@H]1C[C@H](C(=O)O)N(C(=O)OC(C)(C)C)[C@@H]1c1ccccc1. The molecule has 22 heavy (non-hydrogen) atoms. The Labute approximate surface area is 130 Å². The first-order valence-corrected chi connectivity index (χ1v) is 7.50. The second kappa shape index (κ2) is 5.99. The molecular weight excluding hydrogens is 282 g/mol. The normalized spacial score (nSPS) is 25.1. The molecule has 0 saturated carbocycles. The van der Waals surface area contributed by atoms with Crippen molar-refractivity contribution < 1.29 is 19.4 Å². The minimum absolute atomic E-state index is 0.0519. The maximum absolute atomic E-state index is 12.5. The minimum atomic E-state index is -0.990. The van der Waals surface area contributed by atoms with Gasteiger partial charge in [-0.25, -0.2) is 9.59 Å². The van der Waals surface area contributed by atoms with Crippen LogP contribution in [0.4, 0.5) is 4.79 Å². The molecule has 1 aromatic rings. The molecule has 1 heterocycles. The van der Waals surface area contributed by atoms with Crippen LogP contribution >= 0.6 is 0 Å². The number of ether oxygens (including phenoxy) is 1. The van der Waals surface area contributed by atoms with E-state index in [-0.39, 0.29) is 12.0 Å². The fraction of sp³-hybridized carbons (Fsp3) is 0.529. The highest BCUT2D eigenvalue weighted by molar-refractivity contribution is 5.81. The van der Waals surface area contributed by atoms with Gasteiger partial charge in [0.2, 0.25) is 0 Å². The summed E-state index contributed by atoms with van der Waals surface area (Å²) in [7, 11) is 0. The predicted molar refractivity (Wildman–Crippen MR) is 82.5 cm³/mol. The van der Waals surface area contributed by atoms with E-state index in [2.05, 4.69) is 0 Å². The molecule has 0 aromatic heterocycles. The lowest BCUT2D eigenvalue weighted by Crippen LogP contribution is -2.44. The number of hydrogen-bond donors (Lipinski definition) is 1. The van der Waals surface area contributed by atoms with E-state index in [0.29, 0.717) is 6.42 Å². The number of hydrogen-bond acceptors (Lipinski definition) is 3. The van der Waals surface area contributed by atoms with Crippen LogP contribution in [0, 0.1) is 5.92 Å². The van der Waals surface area contributed by atoms with E-state index in [1.807, 2.05) is 37.3 Å². The molecule has 1 saturated heterocycles. The van der Waals surface area contributed by atoms with Gasteiger partial charge in [-0.1, -0.05) is 37.3 Å². The molecule has 1 aromatic carbocycles. The molecule has 0 bridgehead atoms. The molecule has 0 unspecified atom stereocenters. The Kier molecular flexibility index (Phi) is 4.44. The van der Waals surface area contributed by atoms with Crippen molar-refractivity contribution in [2.24, 2.45) is 5.92 Å². The van der Waals surface area contributed by atoms with Crippen LogP contribution in [0.5, 0.6) is 0 Å². The highest BCUT2D eigenvalue weighted by Crippen LogP contribution is 2.41. The summed E-state index contributed by atoms with van der Waals surface area (Å²) in [6.45, 7) is 7.30. The quantitative estimate of drug-likeness (QED) is 0.908. The lowest BCUT2D eigenvalue weighted by Gasteiger charge is -2.32. The second-order valence-corrected chi connectivity index (χ2v) is 6.81. The molecule has 1 N–H and O–H groups in total. The highest BCUT2D eigenvalue weighted by atomic mass is 16.6. The number of carboxylic acid groups (broad SMARTS) is 1. The standard InChI is InChI=1S/C17H23NO4/c1-11-10-13(15(19)20)18(16(21)22-17(2,3)4)14(11)12-8-6-5-7-9-12/h5-9,11,13-14H,10H2,1-4H3,(H,19,20)/t11-,13-,14+/m1/s1. The molecule has 2 rings (SSSR count). The average molecular weight is 305 g/mol. The van der Waals surface area contributed by atoms with Crippen LogP contribution in [0.1, 0.15) is 45.7 Å². The molecule has 5 heteroatoms. The first kappa shape index (κ1) is 16.3. The van der Waals surface area contributed by atoms with Crippen molar-refractivity contribution in [2.75, 3.05) is 0 Å². The van der Waals surface area contributed by atoms with E-state index in [4.69, 9.17) is 4.74 Å². The monoisotopic (exact) mass is 305 g/mol. The van der Waals surface area contributed by atoms with Crippen molar-refractivity contribution in [1.82, 2.24) is 4.90 Å². The van der Waals surface area contributed by atoms with Gasteiger partial charge >= 0.3 is 12.1 Å². The van der Waals surface area contributed by atoms with Gasteiger partial charge in [0.1, 0.15) is 11.6 Å². The lowest BCUT2D eigenvalue weighted by molar-refractivity contribution is -0.142. The van der Waals surface area contributed by atoms with Crippen molar-refractivity contribution in [3.63, 3.8) is 0 Å². The zero-order valence-corrected chi connectivity index (χ0v) is 13.4. The summed E-state index contributed by atoms with van der Waals surface area (Å²) in [4.78, 5) is 25.5. The minimum Gasteiger partial charge on any atom is -0.480 e. The molecule has 0 spiro atoms. The van der Waals surface area contributed by atoms with Gasteiger partial charge in [0.25, 0.3) is 0 Å². The summed E-state index contributed by atoms with van der Waals surface area (Å²) in [6, 6.07) is 8.39. The Hall–Kier alpha value is -2.04. The maximum atomic E-state index is 12.5. The van der Waals surface area contributed by atoms with Gasteiger partial charge in [-0.2, -0.15) is 0 Å². The Balaban J connectivity index is 2.37. The highest BCUT2D eigenvalue weighted by Gasteiger charge is 2.47. The van der Waals surface area contributed by atoms with E-state index in [9.17, 15) is 14.7 Å². The molecule has 1 fully saturated rings. The molecular formula is C17H23NO4. The zero-order chi connectivity index (χ0) is 16.5. The summed E-state index contributed by atoms with van der Waals surface area (Å²) < 4.78 is 5.43. The average Bonchev–Trinajstić information content (AvgIpc) is 2.75. The summed E-state index contributed by atoms with van der Waals surface area (Å²) in [5.74, 6) is -0.938. The molecule has 1 aliphatic rings. The summed E-state index contributed by atoms with van der Waals surface area (Å²) >= 11 is 0. The summed E-state index contributed by atoms with van der Waals surface area (Å²) in [5, 5.41) is 9.46. The third-order valence-electron chi connectivity index (χ3n) is 3.80. The molecule has 120 valence electrons. The van der Waals surface area contributed by atoms with E-state index >= 15 is 0 Å². The van der Waals surface area contributed by atoms with Crippen LogP contribution in [0.3, 0.4) is 0 Å². The van der Waals surface area contributed by atoms with Crippen LogP contribution in [0.2, 0.25) is 0 Å². The number of rotatable bonds is 2. The smallest absolute Gasteiger partial charge is 0.411 e. The molecule has 1 amide bonds. The van der Waals surface area contributed by atoms with Crippen LogP contribution in [0.25, 0.3) is 0 Å². The summed E-state index contributed by atoms with van der Waals surface area (Å²) in [6.07, 6.45) is -0.146. The van der Waals surface area contributed by atoms with Crippen molar-refractivity contribution in [2.45, 2.75) is 51.8 Å². The van der Waals surface area contributed by atoms with Crippen LogP contribution in [-0.2, 0) is 9.53 Å². The van der Waals surface area contributed by atoms with Crippen molar-refractivity contribution in [3.8, 4) is 0 Å². The number of amides is 1. The fourth-order valence-corrected chi connectivity index (χ4v) is 2.98. The van der Waals surface area contributed by atoms with E-state index < -0.39 is 23.7 Å². The number of nitrogens with zero attached hydrogens (tertiary/aromatic N) is 1. The molecule has 0 radical (unpaired) electrons. The third kappa shape index (κ3) is 3.40. The van der Waals surface area contributed by atoms with E-state index in [0.717, 1.165) is 5.56 Å². The Morgan fingerprint density at radius 2 is 1.82 bits per heavy atom. The third-order valence-corrected chi connectivity index (χ3v) is 3.80. The summed E-state index contributed by atoms with van der Waals surface area (Å²) in [5.41, 5.74) is 0.275. The zero-order valence-electron chi connectivity index (χ0n) is 13.4. The maximum Gasteiger partial charge on any atom is 0.411 e. The van der Waals surface area contributed by atoms with E-state index in [1.165, 1.54) is 4.90 Å². The van der Waals surface area contributed by atoms with Crippen LogP contribution in [-0.4, -0.2) is 33.7 Å². The molecule has 1 aliphatic heterocycles. The van der Waals surface area contributed by atoms with E-state index in [1.54, 1.807) is 20.8 Å². The molecule has 3 atom stereocenters. The molecule has 0 aliphatic carbocycles. The van der Waals surface area contributed by atoms with Crippen molar-refractivity contribution in [3.05, 3.63) is 35.9 Å². The lowest BCUT2D eigenvalue weighted by atomic mass is 9.95. The topological polar surface area (TPSA) is 66.8 Å².